The van der Waals surface area contributed by atoms with Crippen molar-refractivity contribution in [2.24, 2.45) is 0 Å². The quantitative estimate of drug-likeness (QED) is 0.760. The number of rotatable bonds is 1. The van der Waals surface area contributed by atoms with Gasteiger partial charge in [-0.05, 0) is 49.0 Å². The van der Waals surface area contributed by atoms with Gasteiger partial charge in [0.2, 0.25) is 0 Å². The largest absolute Gasteiger partial charge is 0.478 e. The minimum Gasteiger partial charge on any atom is -0.478 e. The number of aliphatic carboxylic acids is 1. The summed E-state index contributed by atoms with van der Waals surface area (Å²) in [7, 11) is 0. The first-order valence-corrected chi connectivity index (χ1v) is 5.13. The number of carboxylic acids is 1. The molecule has 0 amide bonds. The molecule has 2 nitrogen and oxygen atoms in total. The molecule has 0 radical (unpaired) electrons. The van der Waals surface area contributed by atoms with Crippen molar-refractivity contribution in [2.45, 2.75) is 26.7 Å². The molecule has 0 aliphatic heterocycles. The third-order valence-electron chi connectivity index (χ3n) is 3.09. The molecule has 0 aromatic heterocycles. The van der Waals surface area contributed by atoms with Crippen LogP contribution in [0.15, 0.2) is 23.8 Å². The lowest BCUT2D eigenvalue weighted by Gasteiger charge is -2.20. The van der Waals surface area contributed by atoms with Gasteiger partial charge < -0.3 is 5.11 Å². The summed E-state index contributed by atoms with van der Waals surface area (Å²) in [5.41, 5.74) is 5.08. The van der Waals surface area contributed by atoms with E-state index in [0.717, 1.165) is 17.6 Å². The molecule has 1 aromatic rings. The fourth-order valence-corrected chi connectivity index (χ4v) is 2.34. The van der Waals surface area contributed by atoms with E-state index in [0.29, 0.717) is 12.0 Å². The topological polar surface area (TPSA) is 37.3 Å². The van der Waals surface area contributed by atoms with E-state index in [4.69, 9.17) is 5.11 Å². The highest BCUT2D eigenvalue weighted by Gasteiger charge is 2.21. The Morgan fingerprint density at radius 3 is 2.67 bits per heavy atom. The van der Waals surface area contributed by atoms with Crippen molar-refractivity contribution in [1.29, 1.82) is 0 Å². The Hall–Kier alpha value is -1.57. The van der Waals surface area contributed by atoms with Crippen LogP contribution in [0.25, 0.3) is 5.57 Å². The molecule has 0 fully saturated rings. The second-order valence-corrected chi connectivity index (χ2v) is 4.02. The first-order valence-electron chi connectivity index (χ1n) is 5.13. The zero-order valence-electron chi connectivity index (χ0n) is 9.00. The Balaban J connectivity index is 2.65. The van der Waals surface area contributed by atoms with Crippen LogP contribution in [0.4, 0.5) is 0 Å². The summed E-state index contributed by atoms with van der Waals surface area (Å²) in [6, 6.07) is 6.16. The highest BCUT2D eigenvalue weighted by atomic mass is 16.4. The van der Waals surface area contributed by atoms with Crippen molar-refractivity contribution < 1.29 is 9.90 Å². The van der Waals surface area contributed by atoms with E-state index in [1.807, 2.05) is 26.0 Å². The van der Waals surface area contributed by atoms with Gasteiger partial charge >= 0.3 is 5.97 Å². The van der Waals surface area contributed by atoms with E-state index >= 15 is 0 Å². The van der Waals surface area contributed by atoms with Gasteiger partial charge in [0.15, 0.2) is 0 Å². The number of aryl methyl sites for hydroxylation is 2. The number of carboxylic acid groups (broad SMARTS) is 1. The average Bonchev–Trinajstić information content (AvgIpc) is 2.17. The zero-order chi connectivity index (χ0) is 11.0. The predicted octanol–water partition coefficient (Wildman–Crippen LogP) is 2.80. The highest BCUT2D eigenvalue weighted by molar-refractivity contribution is 5.97. The van der Waals surface area contributed by atoms with Crippen LogP contribution in [0.3, 0.4) is 0 Å². The predicted molar refractivity (Wildman–Crippen MR) is 59.7 cm³/mol. The van der Waals surface area contributed by atoms with Crippen LogP contribution in [0.2, 0.25) is 0 Å². The van der Waals surface area contributed by atoms with Crippen LogP contribution in [0, 0.1) is 6.92 Å². The van der Waals surface area contributed by atoms with Crippen LogP contribution in [0.1, 0.15) is 30.0 Å². The molecule has 0 atom stereocenters. The molecule has 0 bridgehead atoms. The summed E-state index contributed by atoms with van der Waals surface area (Å²) in [4.78, 5) is 11.0. The maximum absolute atomic E-state index is 11.0. The number of allylic oxidation sites excluding steroid dienone is 1. The maximum Gasteiger partial charge on any atom is 0.331 e. The van der Waals surface area contributed by atoms with E-state index in [1.165, 1.54) is 11.1 Å². The minimum absolute atomic E-state index is 0.566. The van der Waals surface area contributed by atoms with Gasteiger partial charge in [-0.3, -0.25) is 0 Å². The highest BCUT2D eigenvalue weighted by Crippen LogP contribution is 2.33. The van der Waals surface area contributed by atoms with Gasteiger partial charge in [0.25, 0.3) is 0 Å². The van der Waals surface area contributed by atoms with Gasteiger partial charge in [-0.15, -0.1) is 0 Å². The fraction of sp³-hybridized carbons (Fsp3) is 0.308. The van der Waals surface area contributed by atoms with Gasteiger partial charge in [0.05, 0.1) is 0 Å². The molecule has 2 heteroatoms. The molecule has 0 unspecified atom stereocenters. The molecule has 0 spiro atoms. The summed E-state index contributed by atoms with van der Waals surface area (Å²) < 4.78 is 0. The van der Waals surface area contributed by atoms with Crippen LogP contribution in [0.5, 0.6) is 0 Å². The van der Waals surface area contributed by atoms with E-state index in [2.05, 4.69) is 6.07 Å². The number of carbonyl (C=O) groups is 1. The average molecular weight is 202 g/mol. The molecule has 1 N–H and O–H groups in total. The lowest BCUT2D eigenvalue weighted by Crippen LogP contribution is -2.11. The minimum atomic E-state index is -0.776. The standard InChI is InChI=1S/C13H14O2/c1-8-4-3-5-10-6-7-11(13(14)15)9(2)12(8)10/h3-5H,6-7H2,1-2H3,(H,14,15). The van der Waals surface area contributed by atoms with Gasteiger partial charge in [-0.25, -0.2) is 4.79 Å². The van der Waals surface area contributed by atoms with E-state index in [9.17, 15) is 4.79 Å². The number of hydrogen-bond donors (Lipinski definition) is 1. The van der Waals surface area contributed by atoms with Gasteiger partial charge in [-0.2, -0.15) is 0 Å². The molecule has 2 rings (SSSR count). The zero-order valence-corrected chi connectivity index (χ0v) is 9.00. The number of fused-ring (bicyclic) bond motifs is 1. The normalized spacial score (nSPS) is 15.1. The Morgan fingerprint density at radius 1 is 1.27 bits per heavy atom. The first-order chi connectivity index (χ1) is 7.11. The Kier molecular flexibility index (Phi) is 2.35. The molecule has 0 heterocycles. The van der Waals surface area contributed by atoms with E-state index in [1.54, 1.807) is 0 Å². The van der Waals surface area contributed by atoms with E-state index in [-0.39, 0.29) is 0 Å². The molecule has 78 valence electrons. The van der Waals surface area contributed by atoms with Crippen molar-refractivity contribution >= 4 is 11.5 Å². The summed E-state index contributed by atoms with van der Waals surface area (Å²) >= 11 is 0. The second kappa shape index (κ2) is 3.54. The molecule has 0 saturated carbocycles. The van der Waals surface area contributed by atoms with Gasteiger partial charge in [-0.1, -0.05) is 18.2 Å². The number of benzene rings is 1. The summed E-state index contributed by atoms with van der Waals surface area (Å²) in [6.07, 6.45) is 1.49. The lowest BCUT2D eigenvalue weighted by molar-refractivity contribution is -0.132. The van der Waals surface area contributed by atoms with Crippen molar-refractivity contribution in [3.63, 3.8) is 0 Å². The first kappa shape index (κ1) is 9.97. The Morgan fingerprint density at radius 2 is 2.00 bits per heavy atom. The smallest absolute Gasteiger partial charge is 0.331 e. The van der Waals surface area contributed by atoms with Crippen LogP contribution in [-0.2, 0) is 11.2 Å². The van der Waals surface area contributed by atoms with Crippen LogP contribution in [-0.4, -0.2) is 11.1 Å². The monoisotopic (exact) mass is 202 g/mol. The molecule has 0 saturated heterocycles. The van der Waals surface area contributed by atoms with Gasteiger partial charge in [0, 0.05) is 5.57 Å². The molecule has 1 aliphatic carbocycles. The van der Waals surface area contributed by atoms with E-state index < -0.39 is 5.97 Å². The summed E-state index contributed by atoms with van der Waals surface area (Å²) in [6.45, 7) is 3.95. The third-order valence-corrected chi connectivity index (χ3v) is 3.09. The molecular weight excluding hydrogens is 188 g/mol. The Bertz CT molecular complexity index is 456. The van der Waals surface area contributed by atoms with Crippen molar-refractivity contribution in [1.82, 2.24) is 0 Å². The van der Waals surface area contributed by atoms with Crippen LogP contribution >= 0.6 is 0 Å². The summed E-state index contributed by atoms with van der Waals surface area (Å²) in [5, 5.41) is 9.07. The fourth-order valence-electron chi connectivity index (χ4n) is 2.34. The van der Waals surface area contributed by atoms with Crippen LogP contribution < -0.4 is 0 Å². The van der Waals surface area contributed by atoms with Crippen molar-refractivity contribution in [3.8, 4) is 0 Å². The maximum atomic E-state index is 11.0. The SMILES string of the molecule is CC1=C(C(=O)O)CCc2cccc(C)c21. The molecule has 15 heavy (non-hydrogen) atoms. The van der Waals surface area contributed by atoms with Crippen molar-refractivity contribution in [2.75, 3.05) is 0 Å². The molecule has 1 aromatic carbocycles. The third kappa shape index (κ3) is 1.56. The van der Waals surface area contributed by atoms with Gasteiger partial charge in [0.1, 0.15) is 0 Å². The second-order valence-electron chi connectivity index (χ2n) is 4.02. The molecule has 1 aliphatic rings. The molecular formula is C13H14O2. The number of hydrogen-bond acceptors (Lipinski definition) is 1. The van der Waals surface area contributed by atoms with Crippen molar-refractivity contribution in [3.05, 3.63) is 40.5 Å². The summed E-state index contributed by atoms with van der Waals surface area (Å²) in [5.74, 6) is -0.776. The Labute approximate surface area is 89.2 Å². The lowest BCUT2D eigenvalue weighted by atomic mass is 9.84.